The lowest BCUT2D eigenvalue weighted by molar-refractivity contribution is 0.808. The van der Waals surface area contributed by atoms with Gasteiger partial charge in [-0.25, -0.2) is 4.99 Å². The summed E-state index contributed by atoms with van der Waals surface area (Å²) in [6.45, 7) is 0.449. The van der Waals surface area contributed by atoms with Crippen molar-refractivity contribution in [3.63, 3.8) is 0 Å². The van der Waals surface area contributed by atoms with Crippen LogP contribution in [0.1, 0.15) is 16.7 Å². The van der Waals surface area contributed by atoms with Gasteiger partial charge < -0.3 is 4.57 Å². The molecule has 0 unspecified atom stereocenters. The second-order valence-electron chi connectivity index (χ2n) is 6.89. The van der Waals surface area contributed by atoms with Gasteiger partial charge in [0.05, 0.1) is 6.54 Å². The Morgan fingerprint density at radius 3 is 2.29 bits per heavy atom. The van der Waals surface area contributed by atoms with E-state index in [1.54, 1.807) is 30.5 Å². The summed E-state index contributed by atoms with van der Waals surface area (Å²) >= 11 is 18.4. The van der Waals surface area contributed by atoms with Crippen LogP contribution in [0.2, 0.25) is 15.1 Å². The quantitative estimate of drug-likeness (QED) is 0.278. The van der Waals surface area contributed by atoms with E-state index in [-0.39, 0.29) is 0 Å². The van der Waals surface area contributed by atoms with Gasteiger partial charge in [-0.15, -0.1) is 0 Å². The summed E-state index contributed by atoms with van der Waals surface area (Å²) in [6.07, 6.45) is 3.66. The van der Waals surface area contributed by atoms with Gasteiger partial charge in [-0.2, -0.15) is 5.26 Å². The average Bonchev–Trinajstić information content (AvgIpc) is 3.13. The maximum atomic E-state index is 9.97. The number of aromatic nitrogens is 1. The SMILES string of the molecule is N#Cc1c(-c2ccccc2)cn(Cc2ccc(Cl)cc2Cl)c1N=Cc1ccc(Cl)cc1. The third kappa shape index (κ3) is 4.84. The fourth-order valence-corrected chi connectivity index (χ4v) is 3.86. The van der Waals surface area contributed by atoms with E-state index in [0.29, 0.717) is 33.0 Å². The lowest BCUT2D eigenvalue weighted by atomic mass is 10.1. The highest BCUT2D eigenvalue weighted by Gasteiger charge is 2.17. The smallest absolute Gasteiger partial charge is 0.151 e. The first kappa shape index (κ1) is 21.2. The zero-order valence-corrected chi connectivity index (χ0v) is 18.5. The van der Waals surface area contributed by atoms with E-state index in [1.165, 1.54) is 0 Å². The molecular formula is C25H16Cl3N3. The Balaban J connectivity index is 1.82. The summed E-state index contributed by atoms with van der Waals surface area (Å²) in [4.78, 5) is 4.67. The van der Waals surface area contributed by atoms with E-state index in [2.05, 4.69) is 11.1 Å². The minimum absolute atomic E-state index is 0.449. The summed E-state index contributed by atoms with van der Waals surface area (Å²) in [5.74, 6) is 0.558. The van der Waals surface area contributed by atoms with Crippen LogP contribution in [0, 0.1) is 11.3 Å². The van der Waals surface area contributed by atoms with Crippen molar-refractivity contribution in [3.05, 3.63) is 111 Å². The van der Waals surface area contributed by atoms with Crippen LogP contribution in [0.25, 0.3) is 11.1 Å². The molecule has 0 N–H and O–H groups in total. The third-order valence-corrected chi connectivity index (χ3v) is 5.65. The molecule has 0 saturated carbocycles. The van der Waals surface area contributed by atoms with Crippen molar-refractivity contribution in [2.24, 2.45) is 4.99 Å². The summed E-state index contributed by atoms with van der Waals surface area (Å²) < 4.78 is 1.93. The van der Waals surface area contributed by atoms with Crippen LogP contribution in [0.5, 0.6) is 0 Å². The molecule has 0 aliphatic carbocycles. The summed E-state index contributed by atoms with van der Waals surface area (Å²) in [6, 6.07) is 24.9. The summed E-state index contributed by atoms with van der Waals surface area (Å²) in [5, 5.41) is 11.8. The van der Waals surface area contributed by atoms with Gasteiger partial charge in [0, 0.05) is 33.0 Å². The first-order chi connectivity index (χ1) is 15.0. The highest BCUT2D eigenvalue weighted by molar-refractivity contribution is 6.35. The standard InChI is InChI=1S/C25H16Cl3N3/c26-20-9-6-17(7-10-20)14-30-25-22(13-29)23(18-4-2-1-3-5-18)16-31(25)15-19-8-11-21(27)12-24(19)28/h1-12,14,16H,15H2. The monoisotopic (exact) mass is 463 g/mol. The van der Waals surface area contributed by atoms with Crippen LogP contribution >= 0.6 is 34.8 Å². The molecule has 3 nitrogen and oxygen atoms in total. The van der Waals surface area contributed by atoms with Gasteiger partial charge in [0.25, 0.3) is 0 Å². The molecule has 0 atom stereocenters. The Labute approximate surface area is 195 Å². The molecule has 0 saturated heterocycles. The van der Waals surface area contributed by atoms with E-state index in [1.807, 2.05) is 59.3 Å². The second-order valence-corrected chi connectivity index (χ2v) is 8.17. The fourth-order valence-electron chi connectivity index (χ4n) is 3.27. The topological polar surface area (TPSA) is 41.1 Å². The zero-order valence-electron chi connectivity index (χ0n) is 16.3. The van der Waals surface area contributed by atoms with Crippen LogP contribution in [0.15, 0.2) is 84.0 Å². The highest BCUT2D eigenvalue weighted by atomic mass is 35.5. The van der Waals surface area contributed by atoms with E-state index in [9.17, 15) is 5.26 Å². The van der Waals surface area contributed by atoms with Crippen LogP contribution in [-0.2, 0) is 6.54 Å². The van der Waals surface area contributed by atoms with Crippen LogP contribution in [0.3, 0.4) is 0 Å². The molecule has 1 aromatic heterocycles. The number of benzene rings is 3. The van der Waals surface area contributed by atoms with Crippen molar-refractivity contribution in [2.75, 3.05) is 0 Å². The second kappa shape index (κ2) is 9.41. The molecule has 0 spiro atoms. The van der Waals surface area contributed by atoms with Crippen molar-refractivity contribution in [2.45, 2.75) is 6.54 Å². The zero-order chi connectivity index (χ0) is 21.8. The van der Waals surface area contributed by atoms with Crippen molar-refractivity contribution >= 4 is 46.8 Å². The van der Waals surface area contributed by atoms with Crippen molar-refractivity contribution < 1.29 is 0 Å². The average molecular weight is 465 g/mol. The lowest BCUT2D eigenvalue weighted by Gasteiger charge is -2.08. The molecule has 152 valence electrons. The summed E-state index contributed by atoms with van der Waals surface area (Å²) in [7, 11) is 0. The Kier molecular flexibility index (Phi) is 6.44. The van der Waals surface area contributed by atoms with Gasteiger partial charge >= 0.3 is 0 Å². The lowest BCUT2D eigenvalue weighted by Crippen LogP contribution is -1.99. The van der Waals surface area contributed by atoms with Crippen molar-refractivity contribution in [1.82, 2.24) is 4.57 Å². The van der Waals surface area contributed by atoms with Crippen LogP contribution < -0.4 is 0 Å². The first-order valence-electron chi connectivity index (χ1n) is 9.47. The molecule has 0 bridgehead atoms. The highest BCUT2D eigenvalue weighted by Crippen LogP contribution is 2.34. The van der Waals surface area contributed by atoms with Crippen LogP contribution in [-0.4, -0.2) is 10.8 Å². The Bertz CT molecular complexity index is 1280. The minimum Gasteiger partial charge on any atom is -0.327 e. The van der Waals surface area contributed by atoms with Crippen molar-refractivity contribution in [3.8, 4) is 17.2 Å². The van der Waals surface area contributed by atoms with Crippen LogP contribution in [0.4, 0.5) is 5.82 Å². The molecule has 0 aliphatic heterocycles. The normalized spacial score (nSPS) is 11.0. The van der Waals surface area contributed by atoms with E-state index >= 15 is 0 Å². The molecule has 4 rings (SSSR count). The van der Waals surface area contributed by atoms with Gasteiger partial charge in [-0.1, -0.05) is 83.3 Å². The predicted molar refractivity (Wildman–Crippen MR) is 129 cm³/mol. The molecule has 0 radical (unpaired) electrons. The van der Waals surface area contributed by atoms with Gasteiger partial charge in [0.2, 0.25) is 0 Å². The molecule has 4 aromatic rings. The van der Waals surface area contributed by atoms with E-state index in [0.717, 1.165) is 22.3 Å². The molecule has 0 aliphatic rings. The first-order valence-corrected chi connectivity index (χ1v) is 10.6. The summed E-state index contributed by atoms with van der Waals surface area (Å²) in [5.41, 5.74) is 4.03. The number of hydrogen-bond acceptors (Lipinski definition) is 2. The Morgan fingerprint density at radius 1 is 0.903 bits per heavy atom. The Hall–Kier alpha value is -3.03. The predicted octanol–water partition coefficient (Wildman–Crippen LogP) is 7.79. The van der Waals surface area contributed by atoms with Gasteiger partial charge in [0.15, 0.2) is 5.82 Å². The number of nitrogens with zero attached hydrogens (tertiary/aromatic N) is 3. The number of hydrogen-bond donors (Lipinski definition) is 0. The molecule has 1 heterocycles. The molecule has 6 heteroatoms. The van der Waals surface area contributed by atoms with Gasteiger partial charge in [-0.3, -0.25) is 0 Å². The molecular weight excluding hydrogens is 449 g/mol. The third-order valence-electron chi connectivity index (χ3n) is 4.81. The maximum absolute atomic E-state index is 9.97. The molecule has 0 fully saturated rings. The van der Waals surface area contributed by atoms with Gasteiger partial charge in [0.1, 0.15) is 11.6 Å². The minimum atomic E-state index is 0.449. The Morgan fingerprint density at radius 2 is 1.61 bits per heavy atom. The maximum Gasteiger partial charge on any atom is 0.151 e. The number of nitriles is 1. The van der Waals surface area contributed by atoms with Crippen molar-refractivity contribution in [1.29, 1.82) is 5.26 Å². The largest absolute Gasteiger partial charge is 0.327 e. The fraction of sp³-hybridized carbons (Fsp3) is 0.0400. The molecule has 0 amide bonds. The van der Waals surface area contributed by atoms with Gasteiger partial charge in [-0.05, 0) is 41.0 Å². The number of rotatable bonds is 5. The van der Waals surface area contributed by atoms with E-state index < -0.39 is 0 Å². The molecule has 31 heavy (non-hydrogen) atoms. The van der Waals surface area contributed by atoms with E-state index in [4.69, 9.17) is 34.8 Å². The number of aliphatic imine (C=N–C) groups is 1. The number of halogens is 3. The molecule has 3 aromatic carbocycles.